The van der Waals surface area contributed by atoms with E-state index in [-0.39, 0.29) is 11.9 Å². The monoisotopic (exact) mass is 409 g/mol. The Balaban J connectivity index is 1.55. The van der Waals surface area contributed by atoms with Crippen LogP contribution in [0.25, 0.3) is 0 Å². The van der Waals surface area contributed by atoms with Gasteiger partial charge in [0, 0.05) is 18.3 Å². The standard InChI is InChI=1S/C23H27N3O2S/c1-26(2)21(18-10-7-11-20(13-18)28-3)15-24-22(27)14-19-16-29-23(25-19)12-17-8-5-4-6-9-17/h4-11,13,16,21H,12,14-15H2,1-3H3,(H,24,27). The van der Waals surface area contributed by atoms with Crippen molar-refractivity contribution in [3.63, 3.8) is 0 Å². The summed E-state index contributed by atoms with van der Waals surface area (Å²) in [6.45, 7) is 0.528. The van der Waals surface area contributed by atoms with Crippen LogP contribution in [-0.4, -0.2) is 43.5 Å². The van der Waals surface area contributed by atoms with E-state index in [0.717, 1.165) is 28.4 Å². The van der Waals surface area contributed by atoms with Gasteiger partial charge in [-0.1, -0.05) is 42.5 Å². The summed E-state index contributed by atoms with van der Waals surface area (Å²) in [6.07, 6.45) is 1.09. The van der Waals surface area contributed by atoms with Crippen molar-refractivity contribution in [3.8, 4) is 5.75 Å². The number of benzene rings is 2. The predicted molar refractivity (Wildman–Crippen MR) is 117 cm³/mol. The Hall–Kier alpha value is -2.70. The minimum Gasteiger partial charge on any atom is -0.497 e. The van der Waals surface area contributed by atoms with E-state index in [1.165, 1.54) is 5.56 Å². The van der Waals surface area contributed by atoms with E-state index in [1.807, 2.05) is 55.9 Å². The van der Waals surface area contributed by atoms with Crippen molar-refractivity contribution in [3.05, 3.63) is 81.8 Å². The van der Waals surface area contributed by atoms with Gasteiger partial charge in [0.15, 0.2) is 0 Å². The third-order valence-corrected chi connectivity index (χ3v) is 5.63. The highest BCUT2D eigenvalue weighted by atomic mass is 32.1. The fourth-order valence-electron chi connectivity index (χ4n) is 3.17. The number of nitrogens with zero attached hydrogens (tertiary/aromatic N) is 2. The average Bonchev–Trinajstić information content (AvgIpc) is 3.15. The van der Waals surface area contributed by atoms with Gasteiger partial charge in [-0.3, -0.25) is 4.79 Å². The molecule has 0 spiro atoms. The largest absolute Gasteiger partial charge is 0.497 e. The predicted octanol–water partition coefficient (Wildman–Crippen LogP) is 3.70. The first-order valence-electron chi connectivity index (χ1n) is 9.59. The highest BCUT2D eigenvalue weighted by Crippen LogP contribution is 2.22. The van der Waals surface area contributed by atoms with Crippen molar-refractivity contribution < 1.29 is 9.53 Å². The van der Waals surface area contributed by atoms with E-state index in [1.54, 1.807) is 18.4 Å². The summed E-state index contributed by atoms with van der Waals surface area (Å²) < 4.78 is 5.32. The van der Waals surface area contributed by atoms with Gasteiger partial charge in [0.2, 0.25) is 5.91 Å². The Kier molecular flexibility index (Phi) is 7.38. The van der Waals surface area contributed by atoms with Gasteiger partial charge in [-0.05, 0) is 37.4 Å². The molecule has 0 bridgehead atoms. The molecule has 0 saturated heterocycles. The maximum absolute atomic E-state index is 12.5. The zero-order chi connectivity index (χ0) is 20.6. The first-order valence-corrected chi connectivity index (χ1v) is 10.5. The molecule has 1 aromatic heterocycles. The fraction of sp³-hybridized carbons (Fsp3) is 0.304. The molecule has 29 heavy (non-hydrogen) atoms. The number of amides is 1. The highest BCUT2D eigenvalue weighted by Gasteiger charge is 2.16. The normalized spacial score (nSPS) is 12.0. The minimum atomic E-state index is -0.0173. The number of rotatable bonds is 9. The number of likely N-dealkylation sites (N-methyl/N-ethyl adjacent to an activating group) is 1. The SMILES string of the molecule is COc1cccc(C(CNC(=O)Cc2csc(Cc3ccccc3)n2)N(C)C)c1. The minimum absolute atomic E-state index is 0.0173. The molecule has 0 aliphatic carbocycles. The number of nitrogens with one attached hydrogen (secondary N) is 1. The van der Waals surface area contributed by atoms with Crippen LogP contribution in [0.1, 0.15) is 27.9 Å². The molecule has 2 aromatic carbocycles. The topological polar surface area (TPSA) is 54.5 Å². The molecular weight excluding hydrogens is 382 g/mol. The molecule has 0 aliphatic rings. The smallest absolute Gasteiger partial charge is 0.226 e. The first-order chi connectivity index (χ1) is 14.0. The van der Waals surface area contributed by atoms with E-state index in [2.05, 4.69) is 33.4 Å². The molecule has 6 heteroatoms. The Morgan fingerprint density at radius 1 is 1.17 bits per heavy atom. The van der Waals surface area contributed by atoms with Gasteiger partial charge >= 0.3 is 0 Å². The summed E-state index contributed by atoms with van der Waals surface area (Å²) in [5.41, 5.74) is 3.15. The molecule has 0 fully saturated rings. The number of hydrogen-bond acceptors (Lipinski definition) is 5. The molecule has 1 unspecified atom stereocenters. The van der Waals surface area contributed by atoms with Gasteiger partial charge in [-0.25, -0.2) is 4.98 Å². The fourth-order valence-corrected chi connectivity index (χ4v) is 3.99. The lowest BCUT2D eigenvalue weighted by Gasteiger charge is -2.25. The second-order valence-electron chi connectivity index (χ2n) is 7.13. The van der Waals surface area contributed by atoms with Crippen LogP contribution in [0.2, 0.25) is 0 Å². The van der Waals surface area contributed by atoms with Crippen LogP contribution in [-0.2, 0) is 17.6 Å². The Morgan fingerprint density at radius 2 is 1.97 bits per heavy atom. The number of hydrogen-bond donors (Lipinski definition) is 1. The van der Waals surface area contributed by atoms with Crippen LogP contribution >= 0.6 is 11.3 Å². The second kappa shape index (κ2) is 10.2. The summed E-state index contributed by atoms with van der Waals surface area (Å²) in [5, 5.41) is 6.06. The van der Waals surface area contributed by atoms with Crippen LogP contribution in [0.3, 0.4) is 0 Å². The summed E-state index contributed by atoms with van der Waals surface area (Å²) in [7, 11) is 5.67. The van der Waals surface area contributed by atoms with Crippen molar-refractivity contribution in [2.75, 3.05) is 27.7 Å². The molecule has 152 valence electrons. The Labute approximate surface area is 176 Å². The number of methoxy groups -OCH3 is 1. The maximum Gasteiger partial charge on any atom is 0.226 e. The summed E-state index contributed by atoms with van der Waals surface area (Å²) >= 11 is 1.60. The molecule has 0 radical (unpaired) electrons. The van der Waals surface area contributed by atoms with Crippen LogP contribution in [0.4, 0.5) is 0 Å². The lowest BCUT2D eigenvalue weighted by Crippen LogP contribution is -2.35. The van der Waals surface area contributed by atoms with Gasteiger partial charge in [-0.2, -0.15) is 0 Å². The lowest BCUT2D eigenvalue weighted by molar-refractivity contribution is -0.120. The highest BCUT2D eigenvalue weighted by molar-refractivity contribution is 7.09. The molecular formula is C23H27N3O2S. The van der Waals surface area contributed by atoms with E-state index in [4.69, 9.17) is 4.74 Å². The van der Waals surface area contributed by atoms with Gasteiger partial charge in [0.25, 0.3) is 0 Å². The zero-order valence-electron chi connectivity index (χ0n) is 17.1. The van der Waals surface area contributed by atoms with Crippen molar-refractivity contribution in [1.82, 2.24) is 15.2 Å². The molecule has 0 aliphatic heterocycles. The Morgan fingerprint density at radius 3 is 2.69 bits per heavy atom. The third-order valence-electron chi connectivity index (χ3n) is 4.73. The van der Waals surface area contributed by atoms with Gasteiger partial charge in [0.05, 0.1) is 30.3 Å². The maximum atomic E-state index is 12.5. The molecule has 1 heterocycles. The Bertz CT molecular complexity index is 925. The van der Waals surface area contributed by atoms with Crippen molar-refractivity contribution >= 4 is 17.2 Å². The molecule has 3 aromatic rings. The second-order valence-corrected chi connectivity index (χ2v) is 8.07. The number of carbonyl (C=O) groups excluding carboxylic acids is 1. The summed E-state index contributed by atoms with van der Waals surface area (Å²) in [4.78, 5) is 19.2. The molecule has 1 amide bonds. The average molecular weight is 410 g/mol. The van der Waals surface area contributed by atoms with Gasteiger partial charge in [-0.15, -0.1) is 11.3 Å². The quantitative estimate of drug-likeness (QED) is 0.585. The number of aromatic nitrogens is 1. The van der Waals surface area contributed by atoms with Crippen LogP contribution < -0.4 is 10.1 Å². The molecule has 3 rings (SSSR count). The van der Waals surface area contributed by atoms with E-state index in [9.17, 15) is 4.79 Å². The summed E-state index contributed by atoms with van der Waals surface area (Å²) in [5.74, 6) is 0.797. The van der Waals surface area contributed by atoms with Gasteiger partial charge < -0.3 is 15.0 Å². The molecule has 0 saturated carbocycles. The molecule has 1 atom stereocenters. The summed E-state index contributed by atoms with van der Waals surface area (Å²) in [6, 6.07) is 18.3. The van der Waals surface area contributed by atoms with Crippen LogP contribution in [0, 0.1) is 0 Å². The lowest BCUT2D eigenvalue weighted by atomic mass is 10.1. The first kappa shape index (κ1) is 21.0. The van der Waals surface area contributed by atoms with Crippen molar-refractivity contribution in [1.29, 1.82) is 0 Å². The van der Waals surface area contributed by atoms with E-state index in [0.29, 0.717) is 13.0 Å². The van der Waals surface area contributed by atoms with Crippen molar-refractivity contribution in [2.45, 2.75) is 18.9 Å². The van der Waals surface area contributed by atoms with Crippen LogP contribution in [0.15, 0.2) is 60.0 Å². The number of thiazole rings is 1. The number of carbonyl (C=O) groups is 1. The van der Waals surface area contributed by atoms with Crippen LogP contribution in [0.5, 0.6) is 5.75 Å². The van der Waals surface area contributed by atoms with E-state index >= 15 is 0 Å². The molecule has 1 N–H and O–H groups in total. The third kappa shape index (κ3) is 6.14. The zero-order valence-corrected chi connectivity index (χ0v) is 17.9. The van der Waals surface area contributed by atoms with E-state index < -0.39 is 0 Å². The number of ether oxygens (including phenoxy) is 1. The molecule has 5 nitrogen and oxygen atoms in total. The van der Waals surface area contributed by atoms with Gasteiger partial charge in [0.1, 0.15) is 5.75 Å². The van der Waals surface area contributed by atoms with Crippen molar-refractivity contribution in [2.24, 2.45) is 0 Å².